The Bertz CT molecular complexity index is 1640. The second kappa shape index (κ2) is 9.72. The average Bonchev–Trinajstić information content (AvgIpc) is 3.50. The highest BCUT2D eigenvalue weighted by Gasteiger charge is 2.30. The van der Waals surface area contributed by atoms with Crippen molar-refractivity contribution in [1.29, 1.82) is 0 Å². The van der Waals surface area contributed by atoms with Gasteiger partial charge in [-0.05, 0) is 62.9 Å². The third kappa shape index (κ3) is 5.04. The fraction of sp³-hybridized carbons (Fsp3) is 0.333. The lowest BCUT2D eigenvalue weighted by Crippen LogP contribution is -2.41. The summed E-state index contributed by atoms with van der Waals surface area (Å²) in [7, 11) is 0. The summed E-state index contributed by atoms with van der Waals surface area (Å²) in [6.07, 6.45) is 3.62. The molecule has 0 radical (unpaired) electrons. The van der Waals surface area contributed by atoms with Gasteiger partial charge in [0.05, 0.1) is 11.0 Å². The number of carbonyl (C=O) groups is 1. The van der Waals surface area contributed by atoms with Gasteiger partial charge in [-0.15, -0.1) is 0 Å². The minimum absolute atomic E-state index is 0.229. The van der Waals surface area contributed by atoms with Crippen LogP contribution in [0.5, 0.6) is 0 Å². The van der Waals surface area contributed by atoms with Gasteiger partial charge >= 0.3 is 6.09 Å². The maximum absolute atomic E-state index is 12.6. The highest BCUT2D eigenvalue weighted by atomic mass is 16.6. The first-order chi connectivity index (χ1) is 18.7. The monoisotopic (exact) mass is 523 g/mol. The van der Waals surface area contributed by atoms with E-state index in [1.165, 1.54) is 11.9 Å². The van der Waals surface area contributed by atoms with Gasteiger partial charge in [-0.2, -0.15) is 5.10 Å². The van der Waals surface area contributed by atoms with E-state index in [9.17, 15) is 4.79 Å². The summed E-state index contributed by atoms with van der Waals surface area (Å²) >= 11 is 0. The second-order valence-corrected chi connectivity index (χ2v) is 11.2. The zero-order chi connectivity index (χ0) is 27.1. The first-order valence-electron chi connectivity index (χ1n) is 13.4. The standard InChI is InChI=1S/C30H33N7O2/c1-30(2,3)39-29(38)36-13-11-20(12-14-36)25-17-22(27-28(31)32-18-33-37(25)27)21-9-10-23-24(16-21)35-26(34-23)15-19-7-5-4-6-8-19/h4-10,16-18,20H,11-15H2,1-3H3,(H,34,35)(H2,31,32,33). The molecule has 1 aliphatic rings. The molecule has 0 bridgehead atoms. The summed E-state index contributed by atoms with van der Waals surface area (Å²) in [5, 5.41) is 4.58. The molecular weight excluding hydrogens is 490 g/mol. The summed E-state index contributed by atoms with van der Waals surface area (Å²) in [5.41, 5.74) is 12.9. The predicted octanol–water partition coefficient (Wildman–Crippen LogP) is 5.56. The highest BCUT2D eigenvalue weighted by Crippen LogP contribution is 2.37. The lowest BCUT2D eigenvalue weighted by Gasteiger charge is -2.33. The van der Waals surface area contributed by atoms with Crippen LogP contribution in [0.15, 0.2) is 60.9 Å². The van der Waals surface area contributed by atoms with Crippen molar-refractivity contribution in [3.63, 3.8) is 0 Å². The number of nitrogens with one attached hydrogen (secondary N) is 1. The summed E-state index contributed by atoms with van der Waals surface area (Å²) < 4.78 is 7.49. The highest BCUT2D eigenvalue weighted by molar-refractivity contribution is 5.92. The number of nitrogens with two attached hydrogens (primary N) is 1. The first-order valence-corrected chi connectivity index (χ1v) is 13.4. The van der Waals surface area contributed by atoms with E-state index in [2.05, 4.69) is 45.4 Å². The molecule has 5 aromatic rings. The van der Waals surface area contributed by atoms with Crippen molar-refractivity contribution in [2.24, 2.45) is 0 Å². The number of likely N-dealkylation sites (tertiary alicyclic amines) is 1. The van der Waals surface area contributed by atoms with Crippen LogP contribution in [-0.2, 0) is 11.2 Å². The maximum Gasteiger partial charge on any atom is 0.410 e. The van der Waals surface area contributed by atoms with E-state index in [-0.39, 0.29) is 12.0 Å². The number of piperidine rings is 1. The maximum atomic E-state index is 12.6. The van der Waals surface area contributed by atoms with Gasteiger partial charge in [-0.1, -0.05) is 36.4 Å². The molecular formula is C30H33N7O2. The number of H-pyrrole nitrogens is 1. The Morgan fingerprint density at radius 3 is 2.62 bits per heavy atom. The van der Waals surface area contributed by atoms with Crippen LogP contribution in [0.25, 0.3) is 27.7 Å². The van der Waals surface area contributed by atoms with Crippen molar-refractivity contribution in [3.05, 3.63) is 78.0 Å². The fourth-order valence-corrected chi connectivity index (χ4v) is 5.39. The van der Waals surface area contributed by atoms with Crippen molar-refractivity contribution < 1.29 is 9.53 Å². The number of aromatic amines is 1. The minimum atomic E-state index is -0.507. The van der Waals surface area contributed by atoms with Crippen LogP contribution in [0.2, 0.25) is 0 Å². The molecule has 0 atom stereocenters. The Balaban J connectivity index is 1.30. The van der Waals surface area contributed by atoms with Gasteiger partial charge < -0.3 is 20.4 Å². The molecule has 1 aliphatic heterocycles. The fourth-order valence-electron chi connectivity index (χ4n) is 5.39. The topological polar surface area (TPSA) is 114 Å². The number of carbonyl (C=O) groups excluding carboxylic acids is 1. The van der Waals surface area contributed by atoms with Crippen LogP contribution in [-0.4, -0.2) is 54.2 Å². The number of amides is 1. The Morgan fingerprint density at radius 2 is 1.87 bits per heavy atom. The van der Waals surface area contributed by atoms with Crippen LogP contribution in [0.3, 0.4) is 0 Å². The summed E-state index contributed by atoms with van der Waals surface area (Å²) in [5.74, 6) is 1.59. The van der Waals surface area contributed by atoms with E-state index in [1.807, 2.05) is 49.6 Å². The number of imidazole rings is 1. The molecule has 4 heterocycles. The van der Waals surface area contributed by atoms with Crippen LogP contribution in [0.1, 0.15) is 56.6 Å². The Morgan fingerprint density at radius 1 is 1.10 bits per heavy atom. The summed E-state index contributed by atoms with van der Waals surface area (Å²) in [6, 6.07) is 18.7. The number of fused-ring (bicyclic) bond motifs is 2. The number of aromatic nitrogens is 5. The second-order valence-electron chi connectivity index (χ2n) is 11.2. The van der Waals surface area contributed by atoms with E-state index < -0.39 is 5.60 Å². The van der Waals surface area contributed by atoms with Gasteiger partial charge in [-0.3, -0.25) is 0 Å². The molecule has 9 heteroatoms. The van der Waals surface area contributed by atoms with Crippen molar-refractivity contribution in [1.82, 2.24) is 29.5 Å². The molecule has 200 valence electrons. The first kappa shape index (κ1) is 24.9. The third-order valence-corrected chi connectivity index (χ3v) is 7.23. The lowest BCUT2D eigenvalue weighted by atomic mass is 9.93. The van der Waals surface area contributed by atoms with E-state index in [4.69, 9.17) is 15.5 Å². The molecule has 9 nitrogen and oxygen atoms in total. The van der Waals surface area contributed by atoms with Gasteiger partial charge in [0.1, 0.15) is 23.3 Å². The molecule has 0 saturated carbocycles. The smallest absolute Gasteiger partial charge is 0.410 e. The van der Waals surface area contributed by atoms with Crippen LogP contribution < -0.4 is 5.73 Å². The van der Waals surface area contributed by atoms with Gasteiger partial charge in [-0.25, -0.2) is 19.3 Å². The van der Waals surface area contributed by atoms with E-state index >= 15 is 0 Å². The number of nitrogens with zero attached hydrogens (tertiary/aromatic N) is 5. The van der Waals surface area contributed by atoms with Crippen LogP contribution in [0, 0.1) is 0 Å². The molecule has 0 aliphatic carbocycles. The van der Waals surface area contributed by atoms with Gasteiger partial charge in [0, 0.05) is 36.7 Å². The normalized spacial score (nSPS) is 14.8. The van der Waals surface area contributed by atoms with Gasteiger partial charge in [0.2, 0.25) is 0 Å². The van der Waals surface area contributed by atoms with E-state index in [0.717, 1.165) is 58.5 Å². The average molecular weight is 524 g/mol. The summed E-state index contributed by atoms with van der Waals surface area (Å²) in [4.78, 5) is 26.9. The van der Waals surface area contributed by atoms with E-state index in [1.54, 1.807) is 4.90 Å². The Kier molecular flexibility index (Phi) is 6.21. The molecule has 2 aromatic carbocycles. The van der Waals surface area contributed by atoms with Gasteiger partial charge in [0.15, 0.2) is 5.82 Å². The number of rotatable bonds is 4. The Hall–Kier alpha value is -4.40. The number of ether oxygens (including phenoxy) is 1. The summed E-state index contributed by atoms with van der Waals surface area (Å²) in [6.45, 7) is 6.93. The van der Waals surface area contributed by atoms with Crippen molar-refractivity contribution in [2.45, 2.75) is 51.6 Å². The zero-order valence-electron chi connectivity index (χ0n) is 22.5. The molecule has 3 N–H and O–H groups in total. The molecule has 1 fully saturated rings. The van der Waals surface area contributed by atoms with Crippen LogP contribution in [0.4, 0.5) is 10.6 Å². The Labute approximate surface area is 227 Å². The van der Waals surface area contributed by atoms with E-state index in [0.29, 0.717) is 18.9 Å². The molecule has 0 unspecified atom stereocenters. The van der Waals surface area contributed by atoms with Crippen LogP contribution >= 0.6 is 0 Å². The van der Waals surface area contributed by atoms with Gasteiger partial charge in [0.25, 0.3) is 0 Å². The number of benzene rings is 2. The number of hydrogen-bond donors (Lipinski definition) is 2. The molecule has 0 spiro atoms. The number of nitrogen functional groups attached to an aromatic ring is 1. The lowest BCUT2D eigenvalue weighted by molar-refractivity contribution is 0.0203. The molecule has 1 saturated heterocycles. The van der Waals surface area contributed by atoms with Crippen molar-refractivity contribution in [3.8, 4) is 11.1 Å². The largest absolute Gasteiger partial charge is 0.444 e. The zero-order valence-corrected chi connectivity index (χ0v) is 22.5. The minimum Gasteiger partial charge on any atom is -0.444 e. The van der Waals surface area contributed by atoms with Crippen molar-refractivity contribution >= 4 is 28.5 Å². The molecule has 1 amide bonds. The molecule has 39 heavy (non-hydrogen) atoms. The third-order valence-electron chi connectivity index (χ3n) is 7.23. The SMILES string of the molecule is CC(C)(C)OC(=O)N1CCC(c2cc(-c3ccc4nc(Cc5ccccc5)[nH]c4c3)c3c(N)ncnn23)CC1. The molecule has 6 rings (SSSR count). The predicted molar refractivity (Wildman–Crippen MR) is 152 cm³/mol. The quantitative estimate of drug-likeness (QED) is 0.319. The molecule has 3 aromatic heterocycles. The number of hydrogen-bond acceptors (Lipinski definition) is 6. The van der Waals surface area contributed by atoms with Crippen molar-refractivity contribution in [2.75, 3.05) is 18.8 Å². The number of anilines is 1.